The minimum Gasteiger partial charge on any atom is -0.481 e. The Kier molecular flexibility index (Phi) is 4.34. The maximum absolute atomic E-state index is 10.9. The molecule has 7 heteroatoms. The van der Waals surface area contributed by atoms with Crippen LogP contribution in [0.25, 0.3) is 0 Å². The van der Waals surface area contributed by atoms with Gasteiger partial charge < -0.3 is 5.11 Å². The van der Waals surface area contributed by atoms with E-state index in [2.05, 4.69) is 0 Å². The molecular weight excluding hydrogens is 250 g/mol. The quantitative estimate of drug-likeness (QED) is 0.767. The SMILES string of the molecule is NS(=O)(=O)c1ccc(SCCC(=O)O)cc1. The zero-order valence-electron chi connectivity index (χ0n) is 8.29. The van der Waals surface area contributed by atoms with Gasteiger partial charge >= 0.3 is 5.97 Å². The lowest BCUT2D eigenvalue weighted by molar-refractivity contribution is -0.136. The summed E-state index contributed by atoms with van der Waals surface area (Å²) >= 11 is 1.35. The molecule has 0 bridgehead atoms. The third-order valence-corrected chi connectivity index (χ3v) is 3.68. The Bertz CT molecular complexity index is 467. The van der Waals surface area contributed by atoms with E-state index in [1.807, 2.05) is 0 Å². The second-order valence-electron chi connectivity index (χ2n) is 3.01. The van der Waals surface area contributed by atoms with Crippen molar-refractivity contribution in [3.8, 4) is 0 Å². The van der Waals surface area contributed by atoms with Crippen molar-refractivity contribution < 1.29 is 18.3 Å². The minimum atomic E-state index is -3.66. The molecule has 1 rings (SSSR count). The summed E-state index contributed by atoms with van der Waals surface area (Å²) < 4.78 is 21.9. The first-order valence-electron chi connectivity index (χ1n) is 4.37. The molecule has 0 radical (unpaired) electrons. The predicted octanol–water partition coefficient (Wildman–Crippen LogP) is 0.901. The lowest BCUT2D eigenvalue weighted by Gasteiger charge is -2.01. The van der Waals surface area contributed by atoms with Crippen molar-refractivity contribution in [3.05, 3.63) is 24.3 Å². The topological polar surface area (TPSA) is 97.5 Å². The van der Waals surface area contributed by atoms with Gasteiger partial charge in [-0.25, -0.2) is 13.6 Å². The van der Waals surface area contributed by atoms with Crippen molar-refractivity contribution in [2.24, 2.45) is 5.14 Å². The van der Waals surface area contributed by atoms with Crippen molar-refractivity contribution in [3.63, 3.8) is 0 Å². The lowest BCUT2D eigenvalue weighted by Crippen LogP contribution is -2.11. The van der Waals surface area contributed by atoms with Crippen LogP contribution in [0, 0.1) is 0 Å². The van der Waals surface area contributed by atoms with Crippen LogP contribution in [0.4, 0.5) is 0 Å². The molecule has 1 aromatic carbocycles. The molecule has 3 N–H and O–H groups in total. The van der Waals surface area contributed by atoms with Gasteiger partial charge in [-0.3, -0.25) is 4.79 Å². The third-order valence-electron chi connectivity index (χ3n) is 1.74. The Morgan fingerprint density at radius 2 is 1.88 bits per heavy atom. The van der Waals surface area contributed by atoms with Crippen LogP contribution in [0.2, 0.25) is 0 Å². The van der Waals surface area contributed by atoms with E-state index >= 15 is 0 Å². The lowest BCUT2D eigenvalue weighted by atomic mass is 10.4. The Hall–Kier alpha value is -1.05. The van der Waals surface area contributed by atoms with Gasteiger partial charge in [-0.15, -0.1) is 11.8 Å². The van der Waals surface area contributed by atoms with Gasteiger partial charge in [0.25, 0.3) is 0 Å². The number of benzene rings is 1. The Balaban J connectivity index is 2.62. The number of primary sulfonamides is 1. The summed E-state index contributed by atoms with van der Waals surface area (Å²) in [6, 6.07) is 6.01. The molecule has 0 saturated heterocycles. The highest BCUT2D eigenvalue weighted by Gasteiger charge is 2.06. The number of nitrogens with two attached hydrogens (primary N) is 1. The molecule has 5 nitrogen and oxygen atoms in total. The first kappa shape index (κ1) is 13.0. The number of sulfonamides is 1. The summed E-state index contributed by atoms with van der Waals surface area (Å²) in [5.74, 6) is -0.405. The molecule has 0 aliphatic carbocycles. The maximum atomic E-state index is 10.9. The molecule has 0 aromatic heterocycles. The number of carboxylic acids is 1. The van der Waals surface area contributed by atoms with Crippen LogP contribution < -0.4 is 5.14 Å². The van der Waals surface area contributed by atoms with Gasteiger partial charge in [0.05, 0.1) is 11.3 Å². The van der Waals surface area contributed by atoms with E-state index in [1.54, 1.807) is 12.1 Å². The smallest absolute Gasteiger partial charge is 0.304 e. The fourth-order valence-electron chi connectivity index (χ4n) is 0.982. The van der Waals surface area contributed by atoms with Crippen molar-refractivity contribution in [2.45, 2.75) is 16.2 Å². The van der Waals surface area contributed by atoms with Crippen LogP contribution in [0.15, 0.2) is 34.1 Å². The monoisotopic (exact) mass is 261 g/mol. The summed E-state index contributed by atoms with van der Waals surface area (Å²) in [4.78, 5) is 11.1. The second-order valence-corrected chi connectivity index (χ2v) is 5.74. The molecule has 16 heavy (non-hydrogen) atoms. The number of hydrogen-bond acceptors (Lipinski definition) is 4. The molecule has 0 aliphatic rings. The Labute approximate surface area is 97.7 Å². The summed E-state index contributed by atoms with van der Waals surface area (Å²) in [6.45, 7) is 0. The van der Waals surface area contributed by atoms with Crippen LogP contribution in [0.1, 0.15) is 6.42 Å². The molecule has 0 aliphatic heterocycles. The van der Waals surface area contributed by atoms with Crippen LogP contribution in [-0.2, 0) is 14.8 Å². The van der Waals surface area contributed by atoms with E-state index in [1.165, 1.54) is 23.9 Å². The van der Waals surface area contributed by atoms with E-state index in [4.69, 9.17) is 10.2 Å². The van der Waals surface area contributed by atoms with Crippen LogP contribution in [0.5, 0.6) is 0 Å². The molecule has 1 aromatic rings. The van der Waals surface area contributed by atoms with Crippen molar-refractivity contribution in [1.29, 1.82) is 0 Å². The molecule has 0 saturated carbocycles. The molecule has 0 atom stereocenters. The zero-order valence-corrected chi connectivity index (χ0v) is 9.92. The van der Waals surface area contributed by atoms with Crippen LogP contribution in [-0.4, -0.2) is 25.2 Å². The summed E-state index contributed by atoms with van der Waals surface area (Å²) in [7, 11) is -3.66. The van der Waals surface area contributed by atoms with Gasteiger partial charge in [0, 0.05) is 10.6 Å². The van der Waals surface area contributed by atoms with Crippen molar-refractivity contribution >= 4 is 27.8 Å². The summed E-state index contributed by atoms with van der Waals surface area (Å²) in [5, 5.41) is 13.4. The first-order chi connectivity index (χ1) is 7.39. The van der Waals surface area contributed by atoms with Gasteiger partial charge in [0.1, 0.15) is 0 Å². The number of carboxylic acid groups (broad SMARTS) is 1. The van der Waals surface area contributed by atoms with E-state index in [9.17, 15) is 13.2 Å². The number of rotatable bonds is 5. The second kappa shape index (κ2) is 5.33. The normalized spacial score (nSPS) is 11.3. The molecule has 0 amide bonds. The first-order valence-corrected chi connectivity index (χ1v) is 6.90. The van der Waals surface area contributed by atoms with Crippen LogP contribution in [0.3, 0.4) is 0 Å². The molecule has 88 valence electrons. The van der Waals surface area contributed by atoms with Crippen molar-refractivity contribution in [1.82, 2.24) is 0 Å². The van der Waals surface area contributed by atoms with Gasteiger partial charge in [0.2, 0.25) is 10.0 Å². The molecule has 0 unspecified atom stereocenters. The summed E-state index contributed by atoms with van der Waals surface area (Å²) in [6.07, 6.45) is 0.0710. The van der Waals surface area contributed by atoms with Gasteiger partial charge in [-0.05, 0) is 24.3 Å². The number of hydrogen-bond donors (Lipinski definition) is 2. The fraction of sp³-hybridized carbons (Fsp3) is 0.222. The Morgan fingerprint density at radius 1 is 1.31 bits per heavy atom. The highest BCUT2D eigenvalue weighted by atomic mass is 32.2. The highest BCUT2D eigenvalue weighted by molar-refractivity contribution is 7.99. The van der Waals surface area contributed by atoms with Gasteiger partial charge in [-0.1, -0.05) is 0 Å². The molecule has 0 spiro atoms. The third kappa shape index (κ3) is 4.21. The highest BCUT2D eigenvalue weighted by Crippen LogP contribution is 2.20. The number of carbonyl (C=O) groups is 1. The summed E-state index contributed by atoms with van der Waals surface area (Å²) in [5.41, 5.74) is 0. The van der Waals surface area contributed by atoms with Gasteiger partial charge in [-0.2, -0.15) is 0 Å². The van der Waals surface area contributed by atoms with Crippen LogP contribution >= 0.6 is 11.8 Å². The maximum Gasteiger partial charge on any atom is 0.304 e. The number of thioether (sulfide) groups is 1. The molecule has 0 heterocycles. The average molecular weight is 261 g/mol. The largest absolute Gasteiger partial charge is 0.481 e. The molecule has 0 fully saturated rings. The standard InChI is InChI=1S/C9H11NO4S2/c10-16(13,14)8-3-1-7(2-4-8)15-6-5-9(11)12/h1-4H,5-6H2,(H,11,12)(H2,10,13,14). The zero-order chi connectivity index (χ0) is 12.2. The van der Waals surface area contributed by atoms with E-state index < -0.39 is 16.0 Å². The van der Waals surface area contributed by atoms with Crippen molar-refractivity contribution in [2.75, 3.05) is 5.75 Å². The van der Waals surface area contributed by atoms with Gasteiger partial charge in [0.15, 0.2) is 0 Å². The number of aliphatic carboxylic acids is 1. The Morgan fingerprint density at radius 3 is 2.31 bits per heavy atom. The average Bonchev–Trinajstić information content (AvgIpc) is 2.16. The van der Waals surface area contributed by atoms with E-state index in [0.29, 0.717) is 5.75 Å². The minimum absolute atomic E-state index is 0.0510. The van der Waals surface area contributed by atoms with E-state index in [0.717, 1.165) is 4.90 Å². The molecular formula is C9H11NO4S2. The van der Waals surface area contributed by atoms with E-state index in [-0.39, 0.29) is 11.3 Å². The predicted molar refractivity (Wildman–Crippen MR) is 60.8 cm³/mol. The fourth-order valence-corrected chi connectivity index (χ4v) is 2.34.